The van der Waals surface area contributed by atoms with E-state index in [0.717, 1.165) is 0 Å². The highest BCUT2D eigenvalue weighted by Crippen LogP contribution is 2.12. The third kappa shape index (κ3) is 1.22. The van der Waals surface area contributed by atoms with Crippen molar-refractivity contribution in [1.29, 1.82) is 0 Å². The molecule has 0 amide bonds. The first kappa shape index (κ1) is 5.61. The van der Waals surface area contributed by atoms with E-state index in [0.29, 0.717) is 5.92 Å². The molecule has 0 N–H and O–H groups in total. The average molecular weight is 107 g/mol. The highest BCUT2D eigenvalue weighted by atomic mass is 14.0. The Labute approximate surface area is 50.9 Å². The maximum Gasteiger partial charge on any atom is -0.00987 e. The lowest BCUT2D eigenvalue weighted by Crippen LogP contribution is -1.94. The molecule has 0 aromatic carbocycles. The van der Waals surface area contributed by atoms with Crippen molar-refractivity contribution in [3.63, 3.8) is 0 Å². The summed E-state index contributed by atoms with van der Waals surface area (Å²) in [5, 5.41) is 0. The first-order valence-electron chi connectivity index (χ1n) is 3.12. The Morgan fingerprint density at radius 3 is 2.50 bits per heavy atom. The van der Waals surface area contributed by atoms with Crippen molar-refractivity contribution in [3.8, 4) is 0 Å². The fourth-order valence-electron chi connectivity index (χ4n) is 0.814. The first-order valence-corrected chi connectivity index (χ1v) is 3.12. The molecule has 1 radical (unpaired) electrons. The van der Waals surface area contributed by atoms with Gasteiger partial charge in [0.15, 0.2) is 0 Å². The minimum atomic E-state index is 0.694. The lowest BCUT2D eigenvalue weighted by molar-refractivity contribution is 0.734. The van der Waals surface area contributed by atoms with Gasteiger partial charge in [-0.1, -0.05) is 31.2 Å². The van der Waals surface area contributed by atoms with Gasteiger partial charge in [0.05, 0.1) is 0 Å². The fraction of sp³-hybridized carbons (Fsp3) is 0.375. The Kier molecular flexibility index (Phi) is 1.90. The van der Waals surface area contributed by atoms with E-state index in [1.807, 2.05) is 0 Å². The summed E-state index contributed by atoms with van der Waals surface area (Å²) in [4.78, 5) is 0. The van der Waals surface area contributed by atoms with Crippen molar-refractivity contribution in [2.45, 2.75) is 13.3 Å². The van der Waals surface area contributed by atoms with Gasteiger partial charge < -0.3 is 0 Å². The predicted molar refractivity (Wildman–Crippen MR) is 36.4 cm³/mol. The van der Waals surface area contributed by atoms with Gasteiger partial charge >= 0.3 is 0 Å². The molecule has 1 aliphatic rings. The Morgan fingerprint density at radius 2 is 2.12 bits per heavy atom. The minimum Gasteiger partial charge on any atom is -0.0808 e. The van der Waals surface area contributed by atoms with Gasteiger partial charge in [-0.25, -0.2) is 0 Å². The van der Waals surface area contributed by atoms with Gasteiger partial charge in [-0.15, -0.1) is 0 Å². The first-order chi connectivity index (χ1) is 3.93. The third-order valence-corrected chi connectivity index (χ3v) is 1.41. The van der Waals surface area contributed by atoms with E-state index in [2.05, 4.69) is 37.6 Å². The van der Waals surface area contributed by atoms with E-state index in [-0.39, 0.29) is 0 Å². The van der Waals surface area contributed by atoms with Crippen LogP contribution in [0.5, 0.6) is 0 Å². The van der Waals surface area contributed by atoms with Gasteiger partial charge in [0, 0.05) is 0 Å². The van der Waals surface area contributed by atoms with Crippen molar-refractivity contribution in [2.75, 3.05) is 0 Å². The molecule has 0 aliphatic heterocycles. The second-order valence-electron chi connectivity index (χ2n) is 2.03. The van der Waals surface area contributed by atoms with E-state index in [9.17, 15) is 0 Å². The monoisotopic (exact) mass is 107 g/mol. The van der Waals surface area contributed by atoms with Gasteiger partial charge in [-0.3, -0.25) is 0 Å². The Hall–Kier alpha value is -0.520. The van der Waals surface area contributed by atoms with E-state index < -0.39 is 0 Å². The Balaban J connectivity index is 2.40. The third-order valence-electron chi connectivity index (χ3n) is 1.41. The zero-order valence-corrected chi connectivity index (χ0v) is 5.17. The molecule has 0 saturated carbocycles. The van der Waals surface area contributed by atoms with Crippen molar-refractivity contribution in [3.05, 3.63) is 30.7 Å². The number of hydrogen-bond donors (Lipinski definition) is 0. The largest absolute Gasteiger partial charge is 0.0808 e. The number of rotatable bonds is 1. The summed E-state index contributed by atoms with van der Waals surface area (Å²) in [7, 11) is 0. The smallest absolute Gasteiger partial charge is 0.00987 e. The van der Waals surface area contributed by atoms with Gasteiger partial charge in [-0.05, 0) is 18.8 Å². The highest BCUT2D eigenvalue weighted by molar-refractivity contribution is 5.18. The molecule has 0 fully saturated rings. The molecule has 0 heterocycles. The average Bonchev–Trinajstić information content (AvgIpc) is 1.90. The van der Waals surface area contributed by atoms with E-state index in [4.69, 9.17) is 0 Å². The molecule has 1 atom stereocenters. The van der Waals surface area contributed by atoms with Crippen LogP contribution in [0.3, 0.4) is 0 Å². The van der Waals surface area contributed by atoms with E-state index >= 15 is 0 Å². The van der Waals surface area contributed by atoms with Gasteiger partial charge in [0.1, 0.15) is 0 Å². The van der Waals surface area contributed by atoms with Crippen LogP contribution in [-0.2, 0) is 0 Å². The zero-order chi connectivity index (χ0) is 5.82. The molecule has 0 aromatic heterocycles. The predicted octanol–water partition coefficient (Wildman–Crippen LogP) is 2.34. The van der Waals surface area contributed by atoms with Crippen LogP contribution in [0.2, 0.25) is 0 Å². The molecule has 1 rings (SSSR count). The lowest BCUT2D eigenvalue weighted by atomic mass is 9.99. The number of allylic oxidation sites excluding steroid dienone is 4. The molecule has 8 heavy (non-hydrogen) atoms. The highest BCUT2D eigenvalue weighted by Gasteiger charge is 1.99. The molecule has 43 valence electrons. The van der Waals surface area contributed by atoms with Gasteiger partial charge in [0.2, 0.25) is 0 Å². The topological polar surface area (TPSA) is 0 Å². The van der Waals surface area contributed by atoms with Crippen LogP contribution in [0.1, 0.15) is 13.3 Å². The maximum absolute atomic E-state index is 2.22. The van der Waals surface area contributed by atoms with E-state index in [1.165, 1.54) is 6.42 Å². The summed E-state index contributed by atoms with van der Waals surface area (Å²) in [6, 6.07) is 0. The minimum absolute atomic E-state index is 0.694. The lowest BCUT2D eigenvalue weighted by Gasteiger charge is -2.07. The quantitative estimate of drug-likeness (QED) is 0.482. The molecule has 0 spiro atoms. The summed E-state index contributed by atoms with van der Waals surface area (Å²) in [5.74, 6) is 0.694. The molecule has 0 nitrogen and oxygen atoms in total. The van der Waals surface area contributed by atoms with Crippen molar-refractivity contribution >= 4 is 0 Å². The number of hydrogen-bond acceptors (Lipinski definition) is 0. The summed E-state index contributed by atoms with van der Waals surface area (Å²) in [6.07, 6.45) is 11.9. The van der Waals surface area contributed by atoms with Crippen LogP contribution < -0.4 is 0 Å². The summed E-state index contributed by atoms with van der Waals surface area (Å²) in [5.41, 5.74) is 0. The molecular formula is C8H11. The normalized spacial score (nSPS) is 26.4. The van der Waals surface area contributed by atoms with Gasteiger partial charge in [-0.2, -0.15) is 0 Å². The molecule has 0 saturated heterocycles. The van der Waals surface area contributed by atoms with Crippen LogP contribution in [0, 0.1) is 12.3 Å². The van der Waals surface area contributed by atoms with Crippen LogP contribution in [0.25, 0.3) is 0 Å². The molecular weight excluding hydrogens is 96.1 g/mol. The van der Waals surface area contributed by atoms with E-state index in [1.54, 1.807) is 0 Å². The molecule has 0 bridgehead atoms. The maximum atomic E-state index is 2.22. The fourth-order valence-corrected chi connectivity index (χ4v) is 0.814. The Morgan fingerprint density at radius 1 is 1.25 bits per heavy atom. The molecule has 0 heteroatoms. The second kappa shape index (κ2) is 2.71. The summed E-state index contributed by atoms with van der Waals surface area (Å²) in [6.45, 7) is 2.20. The summed E-state index contributed by atoms with van der Waals surface area (Å²) >= 11 is 0. The van der Waals surface area contributed by atoms with Gasteiger partial charge in [0.25, 0.3) is 0 Å². The Bertz CT molecular complexity index is 109. The van der Waals surface area contributed by atoms with Crippen molar-refractivity contribution in [1.82, 2.24) is 0 Å². The molecule has 1 unspecified atom stereocenters. The summed E-state index contributed by atoms with van der Waals surface area (Å²) < 4.78 is 0. The van der Waals surface area contributed by atoms with Crippen LogP contribution in [0.4, 0.5) is 0 Å². The second-order valence-corrected chi connectivity index (χ2v) is 2.03. The molecule has 0 aromatic rings. The van der Waals surface area contributed by atoms with Crippen molar-refractivity contribution in [2.24, 2.45) is 5.92 Å². The SMILES string of the molecule is CCC1[CH]C=CC=C1. The van der Waals surface area contributed by atoms with Crippen LogP contribution in [0.15, 0.2) is 24.3 Å². The standard InChI is InChI=1S/C8H11/c1-2-8-6-4-3-5-7-8/h3-8H,2H2,1H3. The van der Waals surface area contributed by atoms with Crippen molar-refractivity contribution < 1.29 is 0 Å². The zero-order valence-electron chi connectivity index (χ0n) is 5.17. The van der Waals surface area contributed by atoms with Crippen LogP contribution in [-0.4, -0.2) is 0 Å². The van der Waals surface area contributed by atoms with Crippen LogP contribution >= 0.6 is 0 Å². The molecule has 1 aliphatic carbocycles.